The van der Waals surface area contributed by atoms with Gasteiger partial charge in [-0.2, -0.15) is 0 Å². The van der Waals surface area contributed by atoms with Crippen LogP contribution in [0.2, 0.25) is 5.02 Å². The highest BCUT2D eigenvalue weighted by molar-refractivity contribution is 6.33. The Hall–Kier alpha value is -2.58. The Labute approximate surface area is 210 Å². The summed E-state index contributed by atoms with van der Waals surface area (Å²) in [6.45, 7) is 5.58. The SMILES string of the molecule is C=c1c(=O)[nH]c2n1Cc1c(ccc(OCCCCC(=O)N(CCCCO)C3CCCCC3)c1Cl)N=2. The number of nitrogens with one attached hydrogen (secondary N) is 1. The Morgan fingerprint density at radius 2 is 2.03 bits per heavy atom. The van der Waals surface area contributed by atoms with E-state index in [9.17, 15) is 9.59 Å². The molecule has 35 heavy (non-hydrogen) atoms. The molecule has 8 nitrogen and oxygen atoms in total. The van der Waals surface area contributed by atoms with Gasteiger partial charge >= 0.3 is 0 Å². The minimum Gasteiger partial charge on any atom is -0.492 e. The van der Waals surface area contributed by atoms with Crippen LogP contribution in [0.4, 0.5) is 5.69 Å². The highest BCUT2D eigenvalue weighted by atomic mass is 35.5. The molecule has 2 heterocycles. The van der Waals surface area contributed by atoms with Gasteiger partial charge in [-0.25, -0.2) is 4.99 Å². The van der Waals surface area contributed by atoms with Crippen molar-refractivity contribution in [2.45, 2.75) is 76.8 Å². The monoisotopic (exact) mass is 502 g/mol. The second-order valence-corrected chi connectivity index (χ2v) is 9.79. The zero-order valence-electron chi connectivity index (χ0n) is 20.2. The van der Waals surface area contributed by atoms with Crippen LogP contribution in [-0.2, 0) is 11.3 Å². The van der Waals surface area contributed by atoms with Crippen LogP contribution < -0.4 is 21.3 Å². The third kappa shape index (κ3) is 5.98. The number of ether oxygens (including phenoxy) is 1. The summed E-state index contributed by atoms with van der Waals surface area (Å²) < 4.78 is 7.66. The number of imidazole rings is 1. The van der Waals surface area contributed by atoms with E-state index >= 15 is 0 Å². The van der Waals surface area contributed by atoms with E-state index in [4.69, 9.17) is 21.4 Å². The topological polar surface area (TPSA) is 99.9 Å². The normalized spacial score (nSPS) is 15.3. The van der Waals surface area contributed by atoms with Gasteiger partial charge in [-0.05, 0) is 50.7 Å². The van der Waals surface area contributed by atoms with E-state index in [1.165, 1.54) is 19.3 Å². The molecule has 1 aromatic heterocycles. The lowest BCUT2D eigenvalue weighted by molar-refractivity contribution is -0.134. The maximum atomic E-state index is 13.0. The summed E-state index contributed by atoms with van der Waals surface area (Å²) in [5, 5.41) is 9.95. The average Bonchev–Trinajstić information content (AvgIpc) is 3.14. The Balaban J connectivity index is 1.29. The van der Waals surface area contributed by atoms with Gasteiger partial charge in [-0.3, -0.25) is 14.6 Å². The molecule has 0 radical (unpaired) electrons. The summed E-state index contributed by atoms with van der Waals surface area (Å²) in [6.07, 6.45) is 9.40. The summed E-state index contributed by atoms with van der Waals surface area (Å²) in [5.74, 6) is 0.789. The highest BCUT2D eigenvalue weighted by Crippen LogP contribution is 2.36. The molecule has 2 aliphatic rings. The predicted octanol–water partition coefficient (Wildman–Crippen LogP) is 3.04. The first kappa shape index (κ1) is 25.5. The number of aromatic amines is 1. The zero-order valence-corrected chi connectivity index (χ0v) is 21.0. The van der Waals surface area contributed by atoms with Crippen LogP contribution in [0.1, 0.15) is 69.8 Å². The first-order valence-electron chi connectivity index (χ1n) is 12.7. The third-order valence-corrected chi connectivity index (χ3v) is 7.39. The number of amides is 1. The van der Waals surface area contributed by atoms with Gasteiger partial charge < -0.3 is 19.3 Å². The number of carbonyl (C=O) groups is 1. The number of benzene rings is 1. The fourth-order valence-corrected chi connectivity index (χ4v) is 5.25. The minimum atomic E-state index is -0.255. The maximum Gasteiger partial charge on any atom is 0.274 e. The van der Waals surface area contributed by atoms with E-state index in [2.05, 4.69) is 21.5 Å². The number of unbranched alkanes of at least 4 members (excludes halogenated alkanes) is 2. The number of nitrogens with zero attached hydrogens (tertiary/aromatic N) is 3. The van der Waals surface area contributed by atoms with Crippen molar-refractivity contribution < 1.29 is 14.6 Å². The number of aliphatic hydroxyl groups is 1. The average molecular weight is 503 g/mol. The summed E-state index contributed by atoms with van der Waals surface area (Å²) in [4.78, 5) is 34.1. The van der Waals surface area contributed by atoms with E-state index in [0.717, 1.165) is 50.6 Å². The van der Waals surface area contributed by atoms with Gasteiger partial charge in [0.05, 0.1) is 23.9 Å². The van der Waals surface area contributed by atoms with Crippen LogP contribution in [0.3, 0.4) is 0 Å². The number of aromatic nitrogens is 2. The number of halogens is 1. The molecule has 1 amide bonds. The molecule has 4 rings (SSSR count). The molecular formula is C26H35ClN4O4. The third-order valence-electron chi connectivity index (χ3n) is 6.98. The molecule has 1 aliphatic heterocycles. The fraction of sp³-hybridized carbons (Fsp3) is 0.577. The van der Waals surface area contributed by atoms with Crippen molar-refractivity contribution in [1.82, 2.24) is 14.5 Å². The van der Waals surface area contributed by atoms with Gasteiger partial charge in [0.15, 0.2) is 0 Å². The van der Waals surface area contributed by atoms with Crippen molar-refractivity contribution >= 4 is 29.8 Å². The summed E-state index contributed by atoms with van der Waals surface area (Å²) in [6, 6.07) is 3.98. The number of hydrogen-bond acceptors (Lipinski definition) is 5. The molecule has 1 saturated carbocycles. The number of H-pyrrole nitrogens is 1. The summed E-state index contributed by atoms with van der Waals surface area (Å²) >= 11 is 6.62. The Kier molecular flexibility index (Phi) is 8.68. The highest BCUT2D eigenvalue weighted by Gasteiger charge is 2.24. The van der Waals surface area contributed by atoms with Crippen molar-refractivity contribution in [2.75, 3.05) is 19.8 Å². The van der Waals surface area contributed by atoms with Crippen molar-refractivity contribution in [3.63, 3.8) is 0 Å². The standard InChI is InChI=1S/C26H35ClN4O4/c1-18-25(34)29-26-28-21-12-13-22(24(27)20(21)17-31(18)26)35-16-8-5-11-23(33)30(14-6-7-15-32)19-9-3-2-4-10-19/h12-13,19,32H,1-11,14-17H2,(H,28,29,34). The van der Waals surface area contributed by atoms with Gasteiger partial charge in [0.2, 0.25) is 11.5 Å². The Morgan fingerprint density at radius 3 is 2.80 bits per heavy atom. The molecule has 9 heteroatoms. The molecule has 1 aromatic carbocycles. The molecule has 1 aliphatic carbocycles. The van der Waals surface area contributed by atoms with Gasteiger partial charge in [-0.15, -0.1) is 0 Å². The molecule has 0 bridgehead atoms. The second kappa shape index (κ2) is 11.9. The quantitative estimate of drug-likeness (QED) is 0.393. The summed E-state index contributed by atoms with van der Waals surface area (Å²) in [5.41, 5.74) is 1.72. The number of hydrogen-bond donors (Lipinski definition) is 2. The molecule has 2 N–H and O–H groups in total. The first-order valence-corrected chi connectivity index (χ1v) is 13.1. The molecular weight excluding hydrogens is 468 g/mol. The van der Waals surface area contributed by atoms with Crippen LogP contribution in [-0.4, -0.2) is 51.3 Å². The number of carbonyl (C=O) groups excluding carboxylic acids is 1. The van der Waals surface area contributed by atoms with E-state index in [-0.39, 0.29) is 18.1 Å². The lowest BCUT2D eigenvalue weighted by Gasteiger charge is -2.34. The van der Waals surface area contributed by atoms with Crippen molar-refractivity contribution in [1.29, 1.82) is 0 Å². The first-order chi connectivity index (χ1) is 17.0. The molecule has 2 aromatic rings. The summed E-state index contributed by atoms with van der Waals surface area (Å²) in [7, 11) is 0. The van der Waals surface area contributed by atoms with Crippen LogP contribution in [0, 0.1) is 0 Å². The molecule has 1 fully saturated rings. The van der Waals surface area contributed by atoms with E-state index in [0.29, 0.717) is 53.0 Å². The number of aliphatic hydroxyl groups excluding tert-OH is 1. The maximum absolute atomic E-state index is 13.0. The second-order valence-electron chi connectivity index (χ2n) is 9.41. The van der Waals surface area contributed by atoms with E-state index in [1.807, 2.05) is 6.07 Å². The molecule has 0 unspecified atom stereocenters. The van der Waals surface area contributed by atoms with Crippen LogP contribution in [0.15, 0.2) is 21.9 Å². The van der Waals surface area contributed by atoms with Crippen LogP contribution in [0.25, 0.3) is 6.58 Å². The molecule has 0 spiro atoms. The molecule has 0 atom stereocenters. The smallest absolute Gasteiger partial charge is 0.274 e. The molecule has 190 valence electrons. The Morgan fingerprint density at radius 1 is 1.23 bits per heavy atom. The van der Waals surface area contributed by atoms with E-state index in [1.54, 1.807) is 10.6 Å². The van der Waals surface area contributed by atoms with Gasteiger partial charge in [-0.1, -0.05) is 37.4 Å². The lowest BCUT2D eigenvalue weighted by Crippen LogP contribution is -2.42. The number of fused-ring (bicyclic) bond motifs is 2. The van der Waals surface area contributed by atoms with Crippen LogP contribution >= 0.6 is 11.6 Å². The number of rotatable bonds is 11. The van der Waals surface area contributed by atoms with Crippen molar-refractivity contribution in [2.24, 2.45) is 4.99 Å². The van der Waals surface area contributed by atoms with Gasteiger partial charge in [0.1, 0.15) is 11.1 Å². The molecule has 0 saturated heterocycles. The van der Waals surface area contributed by atoms with Crippen molar-refractivity contribution in [3.05, 3.63) is 44.0 Å². The lowest BCUT2D eigenvalue weighted by atomic mass is 9.93. The fourth-order valence-electron chi connectivity index (χ4n) is 4.98. The van der Waals surface area contributed by atoms with Crippen molar-refractivity contribution in [3.8, 4) is 5.75 Å². The Bertz CT molecular complexity index is 1200. The van der Waals surface area contributed by atoms with E-state index < -0.39 is 0 Å². The minimum absolute atomic E-state index is 0.171. The predicted molar refractivity (Wildman–Crippen MR) is 136 cm³/mol. The zero-order chi connectivity index (χ0) is 24.8. The largest absolute Gasteiger partial charge is 0.492 e. The van der Waals surface area contributed by atoms with Gasteiger partial charge in [0, 0.05) is 31.2 Å². The van der Waals surface area contributed by atoms with Gasteiger partial charge in [0.25, 0.3) is 5.56 Å². The van der Waals surface area contributed by atoms with Crippen LogP contribution in [0.5, 0.6) is 5.75 Å².